The van der Waals surface area contributed by atoms with Crippen molar-refractivity contribution in [1.82, 2.24) is 4.90 Å². The van der Waals surface area contributed by atoms with Crippen LogP contribution in [0.25, 0.3) is 0 Å². The number of benzene rings is 1. The van der Waals surface area contributed by atoms with Gasteiger partial charge in [0.05, 0.1) is 11.3 Å². The molecule has 1 aliphatic rings. The van der Waals surface area contributed by atoms with E-state index in [0.717, 1.165) is 12.8 Å². The summed E-state index contributed by atoms with van der Waals surface area (Å²) in [6.45, 7) is 0. The van der Waals surface area contributed by atoms with E-state index in [1.165, 1.54) is 19.3 Å². The Morgan fingerprint density at radius 3 is 2.61 bits per heavy atom. The normalized spacial score (nSPS) is 15.2. The van der Waals surface area contributed by atoms with E-state index in [0.29, 0.717) is 36.0 Å². The van der Waals surface area contributed by atoms with Crippen molar-refractivity contribution >= 4 is 29.1 Å². The van der Waals surface area contributed by atoms with Gasteiger partial charge in [0.2, 0.25) is 5.91 Å². The fourth-order valence-corrected chi connectivity index (χ4v) is 3.18. The number of nitrogens with zero attached hydrogens (tertiary/aromatic N) is 1. The topological polar surface area (TPSA) is 49.4 Å². The summed E-state index contributed by atoms with van der Waals surface area (Å²) in [5.41, 5.74) is 1.14. The number of carbonyl (C=O) groups excluding carboxylic acids is 2. The van der Waals surface area contributed by atoms with Crippen LogP contribution in [0.3, 0.4) is 0 Å². The molecule has 1 aromatic carbocycles. The van der Waals surface area contributed by atoms with Crippen LogP contribution in [0.2, 0.25) is 0 Å². The summed E-state index contributed by atoms with van der Waals surface area (Å²) >= 11 is 5.62. The maximum absolute atomic E-state index is 12.8. The van der Waals surface area contributed by atoms with Gasteiger partial charge >= 0.3 is 0 Å². The van der Waals surface area contributed by atoms with Gasteiger partial charge in [0, 0.05) is 25.4 Å². The number of hydrogen-bond acceptors (Lipinski definition) is 2. The minimum Gasteiger partial charge on any atom is -0.339 e. The second-order valence-electron chi connectivity index (χ2n) is 6.09. The third kappa shape index (κ3) is 4.96. The second kappa shape index (κ2) is 8.92. The molecule has 0 unspecified atom stereocenters. The molecule has 1 aromatic rings. The molecule has 2 rings (SSSR count). The number of nitrogens with one attached hydrogen (secondary N) is 1. The lowest BCUT2D eigenvalue weighted by Gasteiger charge is -2.31. The lowest BCUT2D eigenvalue weighted by atomic mass is 9.94. The molecule has 0 aromatic heterocycles. The molecule has 1 N–H and O–H groups in total. The molecule has 23 heavy (non-hydrogen) atoms. The highest BCUT2D eigenvalue weighted by Crippen LogP contribution is 2.25. The first-order valence-electron chi connectivity index (χ1n) is 8.35. The van der Waals surface area contributed by atoms with Gasteiger partial charge in [-0.3, -0.25) is 9.59 Å². The van der Waals surface area contributed by atoms with Crippen molar-refractivity contribution in [3.63, 3.8) is 0 Å². The van der Waals surface area contributed by atoms with Gasteiger partial charge in [0.15, 0.2) is 0 Å². The molecule has 0 saturated heterocycles. The fourth-order valence-electron chi connectivity index (χ4n) is 3.04. The Kier molecular flexibility index (Phi) is 6.90. The third-order valence-electron chi connectivity index (χ3n) is 4.41. The van der Waals surface area contributed by atoms with Gasteiger partial charge in [-0.1, -0.05) is 31.4 Å². The standard InChI is InChI=1S/C18H25ClN2O2/c1-21(14-8-3-2-4-9-14)18(23)15-10-5-6-11-16(15)20-17(22)12-7-13-19/h5-6,10-11,14H,2-4,7-9,12-13H2,1H3,(H,20,22). The highest BCUT2D eigenvalue weighted by Gasteiger charge is 2.24. The Morgan fingerprint density at radius 2 is 1.91 bits per heavy atom. The second-order valence-corrected chi connectivity index (χ2v) is 6.47. The molecule has 4 nitrogen and oxygen atoms in total. The maximum Gasteiger partial charge on any atom is 0.255 e. The Balaban J connectivity index is 2.08. The quantitative estimate of drug-likeness (QED) is 0.797. The van der Waals surface area contributed by atoms with E-state index in [9.17, 15) is 9.59 Å². The third-order valence-corrected chi connectivity index (χ3v) is 4.68. The van der Waals surface area contributed by atoms with Crippen LogP contribution >= 0.6 is 11.6 Å². The minimum absolute atomic E-state index is 0.0230. The average molecular weight is 337 g/mol. The Bertz CT molecular complexity index is 542. The predicted molar refractivity (Wildman–Crippen MR) is 94.0 cm³/mol. The fraction of sp³-hybridized carbons (Fsp3) is 0.556. The van der Waals surface area contributed by atoms with E-state index in [1.54, 1.807) is 12.1 Å². The number of rotatable bonds is 6. The molecule has 0 atom stereocenters. The number of amides is 2. The molecular weight excluding hydrogens is 312 g/mol. The number of para-hydroxylation sites is 1. The van der Waals surface area contributed by atoms with Crippen LogP contribution in [0.4, 0.5) is 5.69 Å². The van der Waals surface area contributed by atoms with Crippen molar-refractivity contribution in [1.29, 1.82) is 0 Å². The molecule has 1 aliphatic carbocycles. The highest BCUT2D eigenvalue weighted by atomic mass is 35.5. The summed E-state index contributed by atoms with van der Waals surface area (Å²) < 4.78 is 0. The van der Waals surface area contributed by atoms with Crippen LogP contribution in [0.5, 0.6) is 0 Å². The zero-order chi connectivity index (χ0) is 16.7. The zero-order valence-corrected chi connectivity index (χ0v) is 14.4. The van der Waals surface area contributed by atoms with Crippen LogP contribution in [0, 0.1) is 0 Å². The largest absolute Gasteiger partial charge is 0.339 e. The summed E-state index contributed by atoms with van der Waals surface area (Å²) in [6, 6.07) is 7.51. The number of alkyl halides is 1. The summed E-state index contributed by atoms with van der Waals surface area (Å²) in [6.07, 6.45) is 6.74. The number of halogens is 1. The van der Waals surface area contributed by atoms with E-state index in [2.05, 4.69) is 5.32 Å². The Labute approximate surface area is 143 Å². The molecule has 0 bridgehead atoms. The number of anilines is 1. The lowest BCUT2D eigenvalue weighted by Crippen LogP contribution is -2.38. The van der Waals surface area contributed by atoms with Gasteiger partial charge in [-0.05, 0) is 31.4 Å². The van der Waals surface area contributed by atoms with Crippen LogP contribution in [0.15, 0.2) is 24.3 Å². The van der Waals surface area contributed by atoms with Crippen molar-refractivity contribution in [2.24, 2.45) is 0 Å². The first kappa shape index (κ1) is 17.8. The highest BCUT2D eigenvalue weighted by molar-refractivity contribution is 6.18. The average Bonchev–Trinajstić information content (AvgIpc) is 2.60. The number of hydrogen-bond donors (Lipinski definition) is 1. The molecule has 126 valence electrons. The summed E-state index contributed by atoms with van der Waals surface area (Å²) in [5, 5.41) is 2.84. The predicted octanol–water partition coefficient (Wildman–Crippen LogP) is 4.05. The molecule has 0 heterocycles. The van der Waals surface area contributed by atoms with Gasteiger partial charge in [-0.2, -0.15) is 0 Å². The van der Waals surface area contributed by atoms with E-state index in [4.69, 9.17) is 11.6 Å². The first-order valence-corrected chi connectivity index (χ1v) is 8.89. The SMILES string of the molecule is CN(C(=O)c1ccccc1NC(=O)CCCCl)C1CCCCC1. The van der Waals surface area contributed by atoms with Crippen LogP contribution in [-0.2, 0) is 4.79 Å². The Morgan fingerprint density at radius 1 is 1.22 bits per heavy atom. The van der Waals surface area contributed by atoms with E-state index < -0.39 is 0 Å². The van der Waals surface area contributed by atoms with E-state index >= 15 is 0 Å². The lowest BCUT2D eigenvalue weighted by molar-refractivity contribution is -0.116. The molecule has 5 heteroatoms. The summed E-state index contributed by atoms with van der Waals surface area (Å²) in [4.78, 5) is 26.6. The van der Waals surface area contributed by atoms with Gasteiger partial charge < -0.3 is 10.2 Å². The summed E-state index contributed by atoms with van der Waals surface area (Å²) in [5.74, 6) is 0.328. The maximum atomic E-state index is 12.8. The van der Waals surface area contributed by atoms with E-state index in [1.807, 2.05) is 24.1 Å². The van der Waals surface area contributed by atoms with Crippen LogP contribution in [0.1, 0.15) is 55.3 Å². The van der Waals surface area contributed by atoms with Crippen LogP contribution in [-0.4, -0.2) is 35.7 Å². The van der Waals surface area contributed by atoms with Gasteiger partial charge in [-0.15, -0.1) is 11.6 Å². The molecule has 1 saturated carbocycles. The molecule has 0 radical (unpaired) electrons. The van der Waals surface area contributed by atoms with Gasteiger partial charge in [0.1, 0.15) is 0 Å². The molecule has 1 fully saturated rings. The summed E-state index contributed by atoms with van der Waals surface area (Å²) in [7, 11) is 1.87. The smallest absolute Gasteiger partial charge is 0.255 e. The Hall–Kier alpha value is -1.55. The van der Waals surface area contributed by atoms with Gasteiger partial charge in [-0.25, -0.2) is 0 Å². The van der Waals surface area contributed by atoms with Crippen molar-refractivity contribution < 1.29 is 9.59 Å². The van der Waals surface area contributed by atoms with Crippen molar-refractivity contribution in [2.45, 2.75) is 51.0 Å². The first-order chi connectivity index (χ1) is 11.1. The van der Waals surface area contributed by atoms with E-state index in [-0.39, 0.29) is 11.8 Å². The molecule has 0 aliphatic heterocycles. The minimum atomic E-state index is -0.105. The van der Waals surface area contributed by atoms with Gasteiger partial charge in [0.25, 0.3) is 5.91 Å². The monoisotopic (exact) mass is 336 g/mol. The van der Waals surface area contributed by atoms with Crippen molar-refractivity contribution in [3.8, 4) is 0 Å². The molecule has 0 spiro atoms. The van der Waals surface area contributed by atoms with Crippen LogP contribution < -0.4 is 5.32 Å². The number of carbonyl (C=O) groups is 2. The van der Waals surface area contributed by atoms with Crippen molar-refractivity contribution in [3.05, 3.63) is 29.8 Å². The zero-order valence-electron chi connectivity index (χ0n) is 13.7. The molecule has 2 amide bonds. The van der Waals surface area contributed by atoms with Crippen molar-refractivity contribution in [2.75, 3.05) is 18.2 Å². The molecular formula is C18H25ClN2O2.